The molecule has 0 amide bonds. The Morgan fingerprint density at radius 3 is 1.11 bits per heavy atom. The first kappa shape index (κ1) is 69.9. The molecule has 0 aliphatic rings. The van der Waals surface area contributed by atoms with Gasteiger partial charge in [-0.1, -0.05) is 194 Å². The summed E-state index contributed by atoms with van der Waals surface area (Å²) in [5.41, 5.74) is 0. The van der Waals surface area contributed by atoms with Gasteiger partial charge in [0.1, 0.15) is 12.7 Å². The molecule has 0 heterocycles. The topological polar surface area (TPSA) is 155 Å². The standard InChI is InChI=1S/C62H101O11P/c1-4-7-10-13-16-19-22-24-26-28-29-31-33-35-38-41-44-47-50-53-62(66)73-59(55-69-60(64)51-48-45-42-39-36-21-18-15-12-9-6-3)57-71-74(67,68)70-56-58(54-63)72-61(65)52-49-46-43-40-37-34-32-30-27-25-23-20-17-14-11-8-5-2/h7-8,10-11,15-20,24-27,29,31-32,34-35,38,58-59,63H,4-6,9,12-14,21-23,28,30,33,36-37,39-57H2,1-3H3,(H,67,68)/b10-7-,11-8-,18-15-,19-16-,20-17-,26-24-,27-25-,31-29-,34-32-,38-35-. The summed E-state index contributed by atoms with van der Waals surface area (Å²) < 4.78 is 39.4. The molecule has 0 saturated carbocycles. The van der Waals surface area contributed by atoms with Crippen molar-refractivity contribution < 1.29 is 52.2 Å². The number of rotatable bonds is 51. The second kappa shape index (κ2) is 55.1. The van der Waals surface area contributed by atoms with Crippen molar-refractivity contribution >= 4 is 25.7 Å². The van der Waals surface area contributed by atoms with E-state index in [4.69, 9.17) is 23.3 Å². The Kier molecular flexibility index (Phi) is 52.1. The SMILES string of the molecule is CC/C=C\C/C=C\C/C=C\C/C=C\C/C=C\CCCCCC(=O)OC(COC(=O)CCCCCCC/C=C\CCCC)COP(=O)(O)OCC(CO)OC(=O)CCCCCC/C=C\C/C=C\C/C=C\C/C=C\CC. The fourth-order valence-electron chi connectivity index (χ4n) is 7.06. The molecule has 0 aromatic carbocycles. The number of hydrogen-bond donors (Lipinski definition) is 2. The zero-order valence-corrected chi connectivity index (χ0v) is 47.2. The fraction of sp³-hybridized carbons (Fsp3) is 0.629. The molecular weight excluding hydrogens is 952 g/mol. The zero-order chi connectivity index (χ0) is 54.1. The second-order valence-electron chi connectivity index (χ2n) is 18.3. The van der Waals surface area contributed by atoms with Crippen LogP contribution < -0.4 is 0 Å². The first-order chi connectivity index (χ1) is 36.2. The predicted molar refractivity (Wildman–Crippen MR) is 306 cm³/mol. The summed E-state index contributed by atoms with van der Waals surface area (Å²) in [5, 5.41) is 9.81. The smallest absolute Gasteiger partial charge is 0.462 e. The number of phosphoric acid groups is 1. The molecule has 0 spiro atoms. The van der Waals surface area contributed by atoms with Crippen LogP contribution in [0.25, 0.3) is 0 Å². The molecule has 0 fully saturated rings. The van der Waals surface area contributed by atoms with E-state index in [2.05, 4.69) is 142 Å². The van der Waals surface area contributed by atoms with Gasteiger partial charge < -0.3 is 24.2 Å². The highest BCUT2D eigenvalue weighted by Gasteiger charge is 2.28. The Morgan fingerprint density at radius 2 is 0.703 bits per heavy atom. The number of esters is 3. The van der Waals surface area contributed by atoms with Crippen LogP contribution in [0.2, 0.25) is 0 Å². The van der Waals surface area contributed by atoms with E-state index in [1.165, 1.54) is 12.8 Å². The summed E-state index contributed by atoms with van der Waals surface area (Å²) in [4.78, 5) is 48.5. The number of allylic oxidation sites excluding steroid dienone is 20. The molecule has 0 aromatic rings. The van der Waals surface area contributed by atoms with Crippen LogP contribution in [0.15, 0.2) is 122 Å². The average molecular weight is 1050 g/mol. The van der Waals surface area contributed by atoms with Crippen LogP contribution in [0, 0.1) is 0 Å². The third-order valence-electron chi connectivity index (χ3n) is 11.3. The van der Waals surface area contributed by atoms with Crippen molar-refractivity contribution in [3.63, 3.8) is 0 Å². The Hall–Kier alpha value is -4.12. The molecule has 0 rings (SSSR count). The third-order valence-corrected chi connectivity index (χ3v) is 12.3. The van der Waals surface area contributed by atoms with E-state index in [1.807, 2.05) is 0 Å². The van der Waals surface area contributed by atoms with Crippen LogP contribution >= 0.6 is 7.82 Å². The van der Waals surface area contributed by atoms with Gasteiger partial charge in [0.25, 0.3) is 0 Å². The van der Waals surface area contributed by atoms with Crippen LogP contribution in [-0.2, 0) is 42.2 Å². The summed E-state index contributed by atoms with van der Waals surface area (Å²) in [6.07, 6.45) is 67.3. The Balaban J connectivity index is 4.79. The average Bonchev–Trinajstić information content (AvgIpc) is 3.39. The van der Waals surface area contributed by atoms with Gasteiger partial charge in [0.05, 0.1) is 19.8 Å². The van der Waals surface area contributed by atoms with Crippen molar-refractivity contribution in [2.24, 2.45) is 0 Å². The molecule has 74 heavy (non-hydrogen) atoms. The quantitative estimate of drug-likeness (QED) is 0.0197. The molecule has 0 bridgehead atoms. The van der Waals surface area contributed by atoms with Gasteiger partial charge in [0.2, 0.25) is 0 Å². The molecule has 3 unspecified atom stereocenters. The minimum atomic E-state index is -4.77. The number of hydrogen-bond acceptors (Lipinski definition) is 10. The summed E-state index contributed by atoms with van der Waals surface area (Å²) in [7, 11) is -4.77. The van der Waals surface area contributed by atoms with Gasteiger partial charge in [-0.15, -0.1) is 0 Å². The van der Waals surface area contributed by atoms with Gasteiger partial charge in [-0.05, 0) is 122 Å². The second-order valence-corrected chi connectivity index (χ2v) is 19.8. The lowest BCUT2D eigenvalue weighted by Crippen LogP contribution is -2.30. The van der Waals surface area contributed by atoms with Crippen LogP contribution in [0.4, 0.5) is 0 Å². The Morgan fingerprint density at radius 1 is 0.392 bits per heavy atom. The highest BCUT2D eigenvalue weighted by Crippen LogP contribution is 2.43. The first-order valence-electron chi connectivity index (χ1n) is 28.4. The lowest BCUT2D eigenvalue weighted by molar-refractivity contribution is -0.161. The number of carbonyl (C=O) groups is 3. The van der Waals surface area contributed by atoms with Gasteiger partial charge in [-0.3, -0.25) is 23.4 Å². The largest absolute Gasteiger partial charge is 0.472 e. The van der Waals surface area contributed by atoms with E-state index in [-0.39, 0.29) is 25.9 Å². The monoisotopic (exact) mass is 1050 g/mol. The van der Waals surface area contributed by atoms with Crippen LogP contribution in [0.3, 0.4) is 0 Å². The normalized spacial score (nSPS) is 14.3. The maximum absolute atomic E-state index is 12.9. The Labute approximate surface area is 449 Å². The molecule has 0 aromatic heterocycles. The predicted octanol–water partition coefficient (Wildman–Crippen LogP) is 16.8. The van der Waals surface area contributed by atoms with E-state index < -0.39 is 57.8 Å². The summed E-state index contributed by atoms with van der Waals surface area (Å²) in [6, 6.07) is 0. The number of ether oxygens (including phenoxy) is 3. The summed E-state index contributed by atoms with van der Waals surface area (Å²) in [6.45, 7) is 4.28. The van der Waals surface area contributed by atoms with Crippen molar-refractivity contribution in [3.05, 3.63) is 122 Å². The first-order valence-corrected chi connectivity index (χ1v) is 29.9. The molecule has 0 saturated heterocycles. The molecule has 420 valence electrons. The third kappa shape index (κ3) is 52.7. The van der Waals surface area contributed by atoms with Crippen molar-refractivity contribution in [1.29, 1.82) is 0 Å². The summed E-state index contributed by atoms with van der Waals surface area (Å²) in [5.74, 6) is -1.55. The van der Waals surface area contributed by atoms with Gasteiger partial charge in [-0.2, -0.15) is 0 Å². The Bertz CT molecular complexity index is 1700. The molecule has 2 N–H and O–H groups in total. The lowest BCUT2D eigenvalue weighted by atomic mass is 10.1. The number of phosphoric ester groups is 1. The molecule has 12 heteroatoms. The number of aliphatic hydroxyl groups excluding tert-OH is 1. The highest BCUT2D eigenvalue weighted by molar-refractivity contribution is 7.47. The van der Waals surface area contributed by atoms with E-state index >= 15 is 0 Å². The van der Waals surface area contributed by atoms with E-state index in [1.54, 1.807) is 0 Å². The number of carbonyl (C=O) groups excluding carboxylic acids is 3. The van der Waals surface area contributed by atoms with E-state index in [0.717, 1.165) is 141 Å². The fourth-order valence-corrected chi connectivity index (χ4v) is 7.84. The zero-order valence-electron chi connectivity index (χ0n) is 46.3. The van der Waals surface area contributed by atoms with Gasteiger partial charge in [0, 0.05) is 19.3 Å². The molecule has 0 aliphatic heterocycles. The number of unbranched alkanes of at least 4 members (excludes halogenated alkanes) is 14. The molecule has 0 aliphatic carbocycles. The van der Waals surface area contributed by atoms with Crippen LogP contribution in [0.5, 0.6) is 0 Å². The van der Waals surface area contributed by atoms with Crippen molar-refractivity contribution in [1.82, 2.24) is 0 Å². The highest BCUT2D eigenvalue weighted by atomic mass is 31.2. The van der Waals surface area contributed by atoms with Crippen molar-refractivity contribution in [2.45, 2.75) is 226 Å². The van der Waals surface area contributed by atoms with Gasteiger partial charge in [0.15, 0.2) is 6.10 Å². The van der Waals surface area contributed by atoms with Crippen LogP contribution in [-0.4, -0.2) is 66.5 Å². The number of aliphatic hydroxyl groups is 1. The van der Waals surface area contributed by atoms with E-state index in [9.17, 15) is 28.9 Å². The molecule has 0 radical (unpaired) electrons. The maximum Gasteiger partial charge on any atom is 0.472 e. The molecule has 3 atom stereocenters. The van der Waals surface area contributed by atoms with Crippen LogP contribution in [0.1, 0.15) is 213 Å². The van der Waals surface area contributed by atoms with Gasteiger partial charge >= 0.3 is 25.7 Å². The van der Waals surface area contributed by atoms with Gasteiger partial charge in [-0.25, -0.2) is 4.57 Å². The van der Waals surface area contributed by atoms with Crippen molar-refractivity contribution in [3.8, 4) is 0 Å². The summed E-state index contributed by atoms with van der Waals surface area (Å²) >= 11 is 0. The minimum absolute atomic E-state index is 0.119. The molecule has 11 nitrogen and oxygen atoms in total. The van der Waals surface area contributed by atoms with Crippen molar-refractivity contribution in [2.75, 3.05) is 26.4 Å². The maximum atomic E-state index is 12.9. The van der Waals surface area contributed by atoms with E-state index in [0.29, 0.717) is 19.3 Å². The molecular formula is C62H101O11P. The minimum Gasteiger partial charge on any atom is -0.462 e. The lowest BCUT2D eigenvalue weighted by Gasteiger charge is -2.21.